The summed E-state index contributed by atoms with van der Waals surface area (Å²) in [7, 11) is 0. The van der Waals surface area contributed by atoms with Crippen LogP contribution < -0.4 is 0 Å². The highest BCUT2D eigenvalue weighted by molar-refractivity contribution is 6.30. The summed E-state index contributed by atoms with van der Waals surface area (Å²) in [6, 6.07) is 9.13. The number of hydrogen-bond donors (Lipinski definition) is 1. The van der Waals surface area contributed by atoms with Crippen LogP contribution in [-0.2, 0) is 19.1 Å². The van der Waals surface area contributed by atoms with E-state index in [1.165, 1.54) is 23.4 Å². The Hall–Kier alpha value is -3.20. The van der Waals surface area contributed by atoms with Gasteiger partial charge in [-0.2, -0.15) is 28.6 Å². The maximum absolute atomic E-state index is 13.2. The standard InChI is InChI=1S/C23H20ClF3N6/c24-17-6-5-14-3-1-2-4-16(18(14)10-17)11-33-12-20(29-13-33)19-9-15(7-8-28-19)21-22(23(25,26)27)31-32-30-21/h5-10,12-13,16H,1-4,11H2,(H,30,31,32)/t16-/m1/s1. The van der Waals surface area contributed by atoms with Gasteiger partial charge in [-0.3, -0.25) is 4.98 Å². The molecule has 5 rings (SSSR count). The molecule has 170 valence electrons. The molecule has 0 saturated carbocycles. The molecule has 1 aliphatic carbocycles. The molecule has 3 heterocycles. The summed E-state index contributed by atoms with van der Waals surface area (Å²) in [5.74, 6) is 0.312. The molecule has 0 fully saturated rings. The first-order valence-corrected chi connectivity index (χ1v) is 11.0. The highest BCUT2D eigenvalue weighted by Gasteiger charge is 2.38. The monoisotopic (exact) mass is 472 g/mol. The highest BCUT2D eigenvalue weighted by atomic mass is 35.5. The van der Waals surface area contributed by atoms with Gasteiger partial charge in [0.1, 0.15) is 11.4 Å². The maximum atomic E-state index is 13.2. The molecule has 4 aromatic rings. The zero-order valence-electron chi connectivity index (χ0n) is 17.5. The van der Waals surface area contributed by atoms with Crippen LogP contribution in [0.15, 0.2) is 49.1 Å². The summed E-state index contributed by atoms with van der Waals surface area (Å²) in [5, 5.41) is 9.74. The number of rotatable bonds is 4. The summed E-state index contributed by atoms with van der Waals surface area (Å²) in [4.78, 5) is 8.75. The lowest BCUT2D eigenvalue weighted by Crippen LogP contribution is -2.08. The number of benzene rings is 1. The third-order valence-electron chi connectivity index (χ3n) is 5.97. The van der Waals surface area contributed by atoms with E-state index in [2.05, 4.69) is 37.5 Å². The van der Waals surface area contributed by atoms with Crippen LogP contribution in [0.4, 0.5) is 13.2 Å². The first-order valence-electron chi connectivity index (χ1n) is 10.6. The lowest BCUT2D eigenvalue weighted by atomic mass is 9.92. The summed E-state index contributed by atoms with van der Waals surface area (Å²) in [6.07, 6.45) is 4.84. The van der Waals surface area contributed by atoms with E-state index in [1.54, 1.807) is 12.4 Å². The van der Waals surface area contributed by atoms with Crippen LogP contribution in [0.1, 0.15) is 42.0 Å². The lowest BCUT2D eigenvalue weighted by molar-refractivity contribution is -0.140. The summed E-state index contributed by atoms with van der Waals surface area (Å²) in [6.45, 7) is 0.738. The predicted molar refractivity (Wildman–Crippen MR) is 118 cm³/mol. The lowest BCUT2D eigenvalue weighted by Gasteiger charge is -2.18. The van der Waals surface area contributed by atoms with E-state index >= 15 is 0 Å². The van der Waals surface area contributed by atoms with Crippen molar-refractivity contribution >= 4 is 11.6 Å². The minimum absolute atomic E-state index is 0.266. The molecule has 1 atom stereocenters. The average Bonchev–Trinajstić information content (AvgIpc) is 3.43. The van der Waals surface area contributed by atoms with Gasteiger partial charge < -0.3 is 4.57 Å². The van der Waals surface area contributed by atoms with E-state index in [0.29, 0.717) is 17.3 Å². The number of hydrogen-bond acceptors (Lipinski definition) is 4. The minimum Gasteiger partial charge on any atom is -0.336 e. The Morgan fingerprint density at radius 3 is 2.79 bits per heavy atom. The molecule has 1 aromatic carbocycles. The zero-order valence-corrected chi connectivity index (χ0v) is 18.2. The van der Waals surface area contributed by atoms with Crippen molar-refractivity contribution in [1.82, 2.24) is 29.9 Å². The smallest absolute Gasteiger partial charge is 0.336 e. The second kappa shape index (κ2) is 8.62. The van der Waals surface area contributed by atoms with Gasteiger partial charge in [-0.25, -0.2) is 4.98 Å². The summed E-state index contributed by atoms with van der Waals surface area (Å²) in [5.41, 5.74) is 2.60. The third kappa shape index (κ3) is 4.50. The van der Waals surface area contributed by atoms with Gasteiger partial charge in [-0.1, -0.05) is 24.1 Å². The van der Waals surface area contributed by atoms with Crippen molar-refractivity contribution in [2.45, 2.75) is 44.3 Å². The first kappa shape index (κ1) is 21.6. The Bertz CT molecular complexity index is 1280. The number of nitrogens with one attached hydrogen (secondary N) is 1. The van der Waals surface area contributed by atoms with E-state index in [-0.39, 0.29) is 11.3 Å². The van der Waals surface area contributed by atoms with Gasteiger partial charge in [0.2, 0.25) is 0 Å². The molecule has 1 aliphatic rings. The fraction of sp³-hybridized carbons (Fsp3) is 0.304. The molecule has 3 aromatic heterocycles. The molecule has 0 saturated heterocycles. The van der Waals surface area contributed by atoms with E-state index in [1.807, 2.05) is 16.8 Å². The van der Waals surface area contributed by atoms with Gasteiger partial charge in [0.25, 0.3) is 0 Å². The fourth-order valence-corrected chi connectivity index (χ4v) is 4.60. The second-order valence-corrected chi connectivity index (χ2v) is 8.63. The number of imidazole rings is 1. The van der Waals surface area contributed by atoms with Crippen molar-refractivity contribution in [1.29, 1.82) is 0 Å². The third-order valence-corrected chi connectivity index (χ3v) is 6.21. The van der Waals surface area contributed by atoms with Crippen LogP contribution in [0.5, 0.6) is 0 Å². The van der Waals surface area contributed by atoms with Crippen molar-refractivity contribution in [2.24, 2.45) is 0 Å². The van der Waals surface area contributed by atoms with Gasteiger partial charge in [0, 0.05) is 35.4 Å². The van der Waals surface area contributed by atoms with E-state index in [0.717, 1.165) is 37.3 Å². The largest absolute Gasteiger partial charge is 0.437 e. The topological polar surface area (TPSA) is 72.3 Å². The second-order valence-electron chi connectivity index (χ2n) is 8.19. The van der Waals surface area contributed by atoms with Gasteiger partial charge in [0.15, 0.2) is 5.69 Å². The van der Waals surface area contributed by atoms with Crippen LogP contribution >= 0.6 is 11.6 Å². The molecule has 0 bridgehead atoms. The number of aromatic amines is 1. The Labute approximate surface area is 192 Å². The minimum atomic E-state index is -4.61. The maximum Gasteiger partial charge on any atom is 0.437 e. The van der Waals surface area contributed by atoms with E-state index < -0.39 is 11.9 Å². The number of fused-ring (bicyclic) bond motifs is 1. The summed E-state index contributed by atoms with van der Waals surface area (Å²) < 4.78 is 41.6. The Kier molecular flexibility index (Phi) is 5.65. The quantitative estimate of drug-likeness (QED) is 0.375. The Morgan fingerprint density at radius 2 is 1.94 bits per heavy atom. The molecule has 0 amide bonds. The number of alkyl halides is 3. The number of H-pyrrole nitrogens is 1. The van der Waals surface area contributed by atoms with Crippen molar-refractivity contribution in [3.63, 3.8) is 0 Å². The average molecular weight is 473 g/mol. The van der Waals surface area contributed by atoms with Gasteiger partial charge >= 0.3 is 6.18 Å². The predicted octanol–water partition coefficient (Wildman–Crippen LogP) is 5.91. The van der Waals surface area contributed by atoms with Crippen LogP contribution in [0.25, 0.3) is 22.6 Å². The molecule has 0 radical (unpaired) electrons. The molecule has 10 heteroatoms. The van der Waals surface area contributed by atoms with E-state index in [4.69, 9.17) is 11.6 Å². The van der Waals surface area contributed by atoms with Gasteiger partial charge in [-0.05, 0) is 54.7 Å². The van der Waals surface area contributed by atoms with Crippen LogP contribution in [-0.4, -0.2) is 29.9 Å². The molecule has 33 heavy (non-hydrogen) atoms. The molecule has 0 unspecified atom stereocenters. The Balaban J connectivity index is 1.41. The number of halogens is 4. The number of aryl methyl sites for hydroxylation is 1. The summed E-state index contributed by atoms with van der Waals surface area (Å²) >= 11 is 6.27. The van der Waals surface area contributed by atoms with Crippen molar-refractivity contribution < 1.29 is 13.2 Å². The molecule has 0 aliphatic heterocycles. The first-order chi connectivity index (χ1) is 15.9. The van der Waals surface area contributed by atoms with Crippen molar-refractivity contribution in [2.75, 3.05) is 0 Å². The van der Waals surface area contributed by atoms with Crippen molar-refractivity contribution in [3.05, 3.63) is 70.9 Å². The molecular formula is C23H20ClF3N6. The fourth-order valence-electron chi connectivity index (χ4n) is 4.42. The van der Waals surface area contributed by atoms with Gasteiger partial charge in [-0.15, -0.1) is 0 Å². The molecule has 0 spiro atoms. The van der Waals surface area contributed by atoms with Crippen LogP contribution in [0, 0.1) is 0 Å². The van der Waals surface area contributed by atoms with Crippen molar-refractivity contribution in [3.8, 4) is 22.6 Å². The number of nitrogens with zero attached hydrogens (tertiary/aromatic N) is 5. The normalized spacial score (nSPS) is 16.4. The highest BCUT2D eigenvalue weighted by Crippen LogP contribution is 2.36. The molecular weight excluding hydrogens is 453 g/mol. The Morgan fingerprint density at radius 1 is 1.06 bits per heavy atom. The molecule has 1 N–H and O–H groups in total. The van der Waals surface area contributed by atoms with Crippen LogP contribution in [0.2, 0.25) is 5.02 Å². The van der Waals surface area contributed by atoms with Crippen LogP contribution in [0.3, 0.4) is 0 Å². The van der Waals surface area contributed by atoms with E-state index in [9.17, 15) is 13.2 Å². The SMILES string of the molecule is FC(F)(F)c1n[nH]nc1-c1ccnc(-c2cn(C[C@H]3CCCCc4ccc(Cl)cc43)cn2)c1. The molecule has 6 nitrogen and oxygen atoms in total. The number of aromatic nitrogens is 6. The van der Waals surface area contributed by atoms with Gasteiger partial charge in [0.05, 0.1) is 12.0 Å². The zero-order chi connectivity index (χ0) is 23.0. The number of pyridine rings is 1.